The van der Waals surface area contributed by atoms with Crippen LogP contribution in [0.3, 0.4) is 0 Å². The summed E-state index contributed by atoms with van der Waals surface area (Å²) in [7, 11) is -2.06. The molecule has 4 rings (SSSR count). The van der Waals surface area contributed by atoms with Crippen LogP contribution in [0.5, 0.6) is 5.75 Å². The molecule has 0 aromatic heterocycles. The molecule has 0 unspecified atom stereocenters. The molecule has 2 saturated heterocycles. The largest absolute Gasteiger partial charge is 0.495 e. The van der Waals surface area contributed by atoms with Gasteiger partial charge in [0.15, 0.2) is 0 Å². The van der Waals surface area contributed by atoms with Gasteiger partial charge in [0.25, 0.3) is 0 Å². The van der Waals surface area contributed by atoms with Gasteiger partial charge >= 0.3 is 0 Å². The van der Waals surface area contributed by atoms with Crippen LogP contribution in [0.15, 0.2) is 47.4 Å². The minimum absolute atomic E-state index is 0.0897. The van der Waals surface area contributed by atoms with Gasteiger partial charge in [-0.3, -0.25) is 9.59 Å². The minimum Gasteiger partial charge on any atom is -0.495 e. The lowest BCUT2D eigenvalue weighted by Crippen LogP contribution is -2.40. The molecule has 9 nitrogen and oxygen atoms in total. The van der Waals surface area contributed by atoms with E-state index in [-0.39, 0.29) is 29.7 Å². The van der Waals surface area contributed by atoms with Gasteiger partial charge in [-0.05, 0) is 48.9 Å². The molecule has 2 aliphatic rings. The molecule has 0 radical (unpaired) electrons. The highest BCUT2D eigenvalue weighted by atomic mass is 32.2. The number of carbonyl (C=O) groups excluding carboxylic acids is 2. The van der Waals surface area contributed by atoms with E-state index in [1.54, 1.807) is 30.2 Å². The monoisotopic (exact) mass is 473 g/mol. The third kappa shape index (κ3) is 4.87. The fourth-order valence-corrected chi connectivity index (χ4v) is 5.43. The number of nitrogens with zero attached hydrogens (tertiary/aromatic N) is 2. The molecular formula is C23H27N3O6S. The summed E-state index contributed by atoms with van der Waals surface area (Å²) < 4.78 is 37.5. The molecule has 2 amide bonds. The molecule has 1 atom stereocenters. The molecule has 0 bridgehead atoms. The number of anilines is 2. The standard InChI is InChI=1S/C23H27N3O6S/c1-16-3-8-21(31-2)20(13-16)26-15-17(14-22(26)27)23(28)24-18-4-6-19(7-5-18)33(29,30)25-9-11-32-12-10-25/h3-8,13,17H,9-12,14-15H2,1-2H3,(H,24,28)/t17-/m1/s1. The van der Waals surface area contributed by atoms with Crippen LogP contribution in [-0.4, -0.2) is 64.5 Å². The Labute approximate surface area is 193 Å². The van der Waals surface area contributed by atoms with Crippen molar-refractivity contribution in [1.82, 2.24) is 4.31 Å². The van der Waals surface area contributed by atoms with E-state index in [9.17, 15) is 18.0 Å². The van der Waals surface area contributed by atoms with Crippen molar-refractivity contribution < 1.29 is 27.5 Å². The lowest BCUT2D eigenvalue weighted by molar-refractivity contribution is -0.122. The lowest BCUT2D eigenvalue weighted by atomic mass is 10.1. The Morgan fingerprint density at radius 1 is 1.12 bits per heavy atom. The molecule has 10 heteroatoms. The van der Waals surface area contributed by atoms with E-state index >= 15 is 0 Å². The number of carbonyl (C=O) groups is 2. The van der Waals surface area contributed by atoms with E-state index in [0.717, 1.165) is 5.56 Å². The number of rotatable bonds is 6. The third-order valence-corrected chi connectivity index (χ3v) is 7.76. The first-order chi connectivity index (χ1) is 15.8. The average Bonchev–Trinajstić information content (AvgIpc) is 3.21. The van der Waals surface area contributed by atoms with E-state index in [1.165, 1.54) is 16.4 Å². The summed E-state index contributed by atoms with van der Waals surface area (Å²) in [6, 6.07) is 11.6. The molecule has 0 saturated carbocycles. The zero-order chi connectivity index (χ0) is 23.6. The predicted octanol–water partition coefficient (Wildman–Crippen LogP) is 2.02. The second-order valence-corrected chi connectivity index (χ2v) is 10.0. The predicted molar refractivity (Wildman–Crippen MR) is 123 cm³/mol. The molecule has 2 aromatic carbocycles. The molecule has 176 valence electrons. The molecule has 2 heterocycles. The maximum atomic E-state index is 12.8. The Morgan fingerprint density at radius 3 is 2.48 bits per heavy atom. The van der Waals surface area contributed by atoms with Gasteiger partial charge in [0.1, 0.15) is 5.75 Å². The maximum Gasteiger partial charge on any atom is 0.243 e. The van der Waals surface area contributed by atoms with Crippen molar-refractivity contribution in [3.8, 4) is 5.75 Å². The average molecular weight is 474 g/mol. The normalized spacial score (nSPS) is 19.5. The summed E-state index contributed by atoms with van der Waals surface area (Å²) in [5.41, 5.74) is 2.11. The molecule has 2 aromatic rings. The number of aryl methyl sites for hydroxylation is 1. The Balaban J connectivity index is 1.43. The van der Waals surface area contributed by atoms with Crippen LogP contribution in [0.1, 0.15) is 12.0 Å². The van der Waals surface area contributed by atoms with Crippen LogP contribution < -0.4 is 15.0 Å². The van der Waals surface area contributed by atoms with Crippen molar-refractivity contribution in [3.63, 3.8) is 0 Å². The second kappa shape index (κ2) is 9.50. The van der Waals surface area contributed by atoms with Crippen LogP contribution in [-0.2, 0) is 24.3 Å². The van der Waals surface area contributed by atoms with Gasteiger partial charge in [0, 0.05) is 31.7 Å². The van der Waals surface area contributed by atoms with Gasteiger partial charge in [-0.1, -0.05) is 6.07 Å². The van der Waals surface area contributed by atoms with Crippen LogP contribution in [0.2, 0.25) is 0 Å². The number of morpholine rings is 1. The SMILES string of the molecule is COc1ccc(C)cc1N1C[C@H](C(=O)Nc2ccc(S(=O)(=O)N3CCOCC3)cc2)CC1=O. The number of hydrogen-bond donors (Lipinski definition) is 1. The number of nitrogens with one attached hydrogen (secondary N) is 1. The fourth-order valence-electron chi connectivity index (χ4n) is 4.02. The van der Waals surface area contributed by atoms with Crippen molar-refractivity contribution in [3.05, 3.63) is 48.0 Å². The van der Waals surface area contributed by atoms with Crippen LogP contribution in [0, 0.1) is 12.8 Å². The van der Waals surface area contributed by atoms with Gasteiger partial charge in [-0.2, -0.15) is 4.31 Å². The molecule has 2 fully saturated rings. The molecule has 0 aliphatic carbocycles. The van der Waals surface area contributed by atoms with Crippen molar-refractivity contribution in [2.45, 2.75) is 18.2 Å². The maximum absolute atomic E-state index is 12.8. The lowest BCUT2D eigenvalue weighted by Gasteiger charge is -2.26. The Hall–Kier alpha value is -2.95. The van der Waals surface area contributed by atoms with Crippen LogP contribution >= 0.6 is 0 Å². The van der Waals surface area contributed by atoms with Crippen molar-refractivity contribution in [2.75, 3.05) is 50.2 Å². The van der Waals surface area contributed by atoms with E-state index in [2.05, 4.69) is 5.32 Å². The first kappa shape index (κ1) is 23.2. The molecule has 33 heavy (non-hydrogen) atoms. The van der Waals surface area contributed by atoms with Gasteiger partial charge < -0.3 is 19.7 Å². The van der Waals surface area contributed by atoms with Gasteiger partial charge in [-0.15, -0.1) is 0 Å². The Morgan fingerprint density at radius 2 is 1.82 bits per heavy atom. The van der Waals surface area contributed by atoms with Gasteiger partial charge in [-0.25, -0.2) is 8.42 Å². The Bertz CT molecular complexity index is 1140. The number of benzene rings is 2. The van der Waals surface area contributed by atoms with E-state index in [0.29, 0.717) is 43.4 Å². The number of sulfonamides is 1. The van der Waals surface area contributed by atoms with E-state index in [4.69, 9.17) is 9.47 Å². The minimum atomic E-state index is -3.60. The number of ether oxygens (including phenoxy) is 2. The summed E-state index contributed by atoms with van der Waals surface area (Å²) in [6.07, 6.45) is 0.0897. The van der Waals surface area contributed by atoms with E-state index in [1.807, 2.05) is 19.1 Å². The zero-order valence-corrected chi connectivity index (χ0v) is 19.4. The quantitative estimate of drug-likeness (QED) is 0.688. The highest BCUT2D eigenvalue weighted by Crippen LogP contribution is 2.34. The van der Waals surface area contributed by atoms with Crippen molar-refractivity contribution >= 4 is 33.2 Å². The summed E-state index contributed by atoms with van der Waals surface area (Å²) in [4.78, 5) is 27.2. The van der Waals surface area contributed by atoms with Crippen molar-refractivity contribution in [2.24, 2.45) is 5.92 Å². The molecule has 1 N–H and O–H groups in total. The second-order valence-electron chi connectivity index (χ2n) is 8.11. The van der Waals surface area contributed by atoms with Crippen LogP contribution in [0.25, 0.3) is 0 Å². The Kier molecular flexibility index (Phi) is 6.68. The highest BCUT2D eigenvalue weighted by molar-refractivity contribution is 7.89. The number of methoxy groups -OCH3 is 1. The van der Waals surface area contributed by atoms with Gasteiger partial charge in [0.05, 0.1) is 36.8 Å². The highest BCUT2D eigenvalue weighted by Gasteiger charge is 2.36. The summed E-state index contributed by atoms with van der Waals surface area (Å²) in [5.74, 6) is -0.390. The number of hydrogen-bond acceptors (Lipinski definition) is 6. The molecule has 0 spiro atoms. The van der Waals surface area contributed by atoms with E-state index < -0.39 is 15.9 Å². The summed E-state index contributed by atoms with van der Waals surface area (Å²) >= 11 is 0. The zero-order valence-electron chi connectivity index (χ0n) is 18.6. The molecule has 2 aliphatic heterocycles. The summed E-state index contributed by atoms with van der Waals surface area (Å²) in [6.45, 7) is 3.56. The number of amides is 2. The third-order valence-electron chi connectivity index (χ3n) is 5.85. The fraction of sp³-hybridized carbons (Fsp3) is 0.391. The summed E-state index contributed by atoms with van der Waals surface area (Å²) in [5, 5.41) is 2.80. The topological polar surface area (TPSA) is 105 Å². The van der Waals surface area contributed by atoms with Crippen LogP contribution in [0.4, 0.5) is 11.4 Å². The first-order valence-electron chi connectivity index (χ1n) is 10.7. The molecular weight excluding hydrogens is 446 g/mol. The first-order valence-corrected chi connectivity index (χ1v) is 12.2. The van der Waals surface area contributed by atoms with Gasteiger partial charge in [0.2, 0.25) is 21.8 Å². The smallest absolute Gasteiger partial charge is 0.243 e. The van der Waals surface area contributed by atoms with Crippen molar-refractivity contribution in [1.29, 1.82) is 0 Å².